The summed E-state index contributed by atoms with van der Waals surface area (Å²) in [6.07, 6.45) is 8.84. The van der Waals surface area contributed by atoms with E-state index in [4.69, 9.17) is 24.2 Å². The van der Waals surface area contributed by atoms with E-state index in [1.807, 2.05) is 22.9 Å². The fourth-order valence-electron chi connectivity index (χ4n) is 4.98. The van der Waals surface area contributed by atoms with Gasteiger partial charge >= 0.3 is 6.09 Å². The second kappa shape index (κ2) is 16.9. The van der Waals surface area contributed by atoms with Gasteiger partial charge in [0.1, 0.15) is 17.5 Å². The Kier molecular flexibility index (Phi) is 12.8. The van der Waals surface area contributed by atoms with Gasteiger partial charge in [-0.25, -0.2) is 19.1 Å². The van der Waals surface area contributed by atoms with E-state index in [9.17, 15) is 20.2 Å². The Morgan fingerprint density at radius 3 is 2.61 bits per heavy atom. The molecule has 15 heteroatoms. The molecule has 1 N–H and O–H groups in total. The number of fused-ring (bicyclic) bond motifs is 1. The van der Waals surface area contributed by atoms with Crippen molar-refractivity contribution in [3.63, 3.8) is 0 Å². The Hall–Kier alpha value is -4.94. The normalized spacial score (nSPS) is 12.7. The molecule has 0 radical (unpaired) electrons. The number of hydrogen-bond acceptors (Lipinski definition) is 12. The van der Waals surface area contributed by atoms with Crippen LogP contribution in [0.4, 0.5) is 10.5 Å². The number of carbonyl (C=O) groups excluding carboxylic acids is 1. The fourth-order valence-corrected chi connectivity index (χ4v) is 6.08. The van der Waals surface area contributed by atoms with E-state index in [1.54, 1.807) is 31.5 Å². The molecule has 2 unspecified atom stereocenters. The van der Waals surface area contributed by atoms with Crippen LogP contribution in [0, 0.1) is 21.4 Å². The second-order valence-electron chi connectivity index (χ2n) is 12.2. The monoisotopic (exact) mass is 690 g/mol. The molecule has 0 saturated carbocycles. The quantitative estimate of drug-likeness (QED) is 0.0545. The number of nitriles is 1. The topological polar surface area (TPSA) is 170 Å². The van der Waals surface area contributed by atoms with Gasteiger partial charge in [0.05, 0.1) is 48.3 Å². The number of unbranched alkanes of at least 4 members (excludes halogenated alkanes) is 2. The van der Waals surface area contributed by atoms with Crippen molar-refractivity contribution in [2.45, 2.75) is 77.1 Å². The highest BCUT2D eigenvalue weighted by Crippen LogP contribution is 2.37. The molecule has 4 aromatic rings. The number of nitro groups is 1. The summed E-state index contributed by atoms with van der Waals surface area (Å²) in [5.41, 5.74) is 2.81. The number of hydrogen-bond donors (Lipinski definition) is 1. The minimum atomic E-state index is -0.808. The van der Waals surface area contributed by atoms with E-state index in [0.29, 0.717) is 48.8 Å². The van der Waals surface area contributed by atoms with E-state index in [-0.39, 0.29) is 22.2 Å². The van der Waals surface area contributed by atoms with Gasteiger partial charge in [-0.2, -0.15) is 5.26 Å². The molecule has 1 aromatic carbocycles. The average Bonchev–Trinajstić information content (AvgIpc) is 3.56. The fraction of sp³-hybridized carbons (Fsp3) is 0.441. The molecule has 0 aliphatic carbocycles. The number of aromatic nitrogens is 4. The third kappa shape index (κ3) is 10.3. The van der Waals surface area contributed by atoms with Crippen LogP contribution in [0.1, 0.15) is 72.0 Å². The summed E-state index contributed by atoms with van der Waals surface area (Å²) < 4.78 is 21.2. The second-order valence-corrected chi connectivity index (χ2v) is 14.1. The first-order valence-electron chi connectivity index (χ1n) is 16.0. The van der Waals surface area contributed by atoms with E-state index < -0.39 is 17.1 Å². The van der Waals surface area contributed by atoms with E-state index in [2.05, 4.69) is 55.3 Å². The molecule has 0 aliphatic rings. The molecule has 260 valence electrons. The van der Waals surface area contributed by atoms with Crippen LogP contribution >= 0.6 is 11.9 Å². The van der Waals surface area contributed by atoms with Gasteiger partial charge in [-0.05, 0) is 65.2 Å². The third-order valence-corrected chi connectivity index (χ3v) is 8.73. The first kappa shape index (κ1) is 36.9. The number of carbonyl (C=O) groups is 1. The van der Waals surface area contributed by atoms with Gasteiger partial charge < -0.3 is 23.9 Å². The van der Waals surface area contributed by atoms with Gasteiger partial charge in [0.2, 0.25) is 5.65 Å². The van der Waals surface area contributed by atoms with Crippen molar-refractivity contribution in [2.75, 3.05) is 20.3 Å². The first-order valence-corrected chi connectivity index (χ1v) is 16.8. The lowest BCUT2D eigenvalue weighted by atomic mass is 10.1. The smallest absolute Gasteiger partial charge is 0.413 e. The minimum Gasteiger partial charge on any atom is -0.494 e. The summed E-state index contributed by atoms with van der Waals surface area (Å²) >= 11 is 1.80. The number of nitro benzene ring substituents is 1. The van der Waals surface area contributed by atoms with Crippen LogP contribution in [-0.4, -0.2) is 65.7 Å². The third-order valence-electron chi connectivity index (χ3n) is 7.37. The van der Waals surface area contributed by atoms with Gasteiger partial charge in [0.15, 0.2) is 0 Å². The van der Waals surface area contributed by atoms with Crippen molar-refractivity contribution in [1.29, 1.82) is 5.26 Å². The standard InChI is InChI=1S/C34H42N8O6S/c1-7-41(49-34(3,4)5)23(2)28-19-27(30(46-6)21-37-28)29-22-40-17-16-36-31(40)32(39-29)47-18-10-8-9-11-24(20-35)38-33(43)48-26-14-12-25(13-15-26)42(44)45/h12-17,19,21-24H,7-11,18H2,1-6H3,(H,38,43). The maximum absolute atomic E-state index is 12.2. The molecule has 0 spiro atoms. The van der Waals surface area contributed by atoms with Crippen LogP contribution in [0.25, 0.3) is 16.9 Å². The van der Waals surface area contributed by atoms with Crippen molar-refractivity contribution in [3.8, 4) is 34.7 Å². The number of nitrogens with zero attached hydrogens (tertiary/aromatic N) is 7. The summed E-state index contributed by atoms with van der Waals surface area (Å²) in [5.74, 6) is 1.12. The Morgan fingerprint density at radius 1 is 1.20 bits per heavy atom. The molecule has 1 amide bonds. The minimum absolute atomic E-state index is 0.0445. The van der Waals surface area contributed by atoms with Gasteiger partial charge in [0, 0.05) is 47.6 Å². The Labute approximate surface area is 290 Å². The van der Waals surface area contributed by atoms with Crippen LogP contribution in [0.2, 0.25) is 0 Å². The summed E-state index contributed by atoms with van der Waals surface area (Å²) in [4.78, 5) is 36.5. The number of ether oxygens (including phenoxy) is 3. The molecule has 3 heterocycles. The SMILES string of the molecule is CCN(SC(C)(C)C)C(C)c1cc(-c2cn3ccnc3c(OCCCCCC(C#N)NC(=O)Oc3ccc([N+](=O)[O-])cc3)n2)c(OC)cn1. The van der Waals surface area contributed by atoms with Crippen LogP contribution in [-0.2, 0) is 0 Å². The molecular weight excluding hydrogens is 648 g/mol. The summed E-state index contributed by atoms with van der Waals surface area (Å²) in [7, 11) is 1.61. The highest BCUT2D eigenvalue weighted by Gasteiger charge is 2.24. The van der Waals surface area contributed by atoms with Crippen molar-refractivity contribution in [1.82, 2.24) is 29.0 Å². The van der Waals surface area contributed by atoms with E-state index in [1.165, 1.54) is 24.3 Å². The van der Waals surface area contributed by atoms with Gasteiger partial charge in [-0.15, -0.1) is 0 Å². The number of nitrogens with one attached hydrogen (secondary N) is 1. The summed E-state index contributed by atoms with van der Waals surface area (Å²) in [5, 5.41) is 22.8. The molecular formula is C34H42N8O6S. The predicted molar refractivity (Wildman–Crippen MR) is 187 cm³/mol. The van der Waals surface area contributed by atoms with Crippen LogP contribution in [0.5, 0.6) is 17.4 Å². The zero-order chi connectivity index (χ0) is 35.6. The molecule has 0 fully saturated rings. The Morgan fingerprint density at radius 2 is 1.96 bits per heavy atom. The van der Waals surface area contributed by atoms with Gasteiger partial charge in [0.25, 0.3) is 11.6 Å². The van der Waals surface area contributed by atoms with Crippen LogP contribution in [0.15, 0.2) is 55.1 Å². The van der Waals surface area contributed by atoms with Crippen molar-refractivity contribution >= 4 is 29.4 Å². The van der Waals surface area contributed by atoms with Gasteiger partial charge in [-0.3, -0.25) is 15.1 Å². The maximum Gasteiger partial charge on any atom is 0.413 e. The molecule has 4 rings (SSSR count). The Bertz CT molecular complexity index is 1770. The number of imidazole rings is 1. The lowest BCUT2D eigenvalue weighted by Gasteiger charge is -2.32. The number of pyridine rings is 1. The van der Waals surface area contributed by atoms with Crippen molar-refractivity contribution in [2.24, 2.45) is 0 Å². The number of non-ortho nitro benzene ring substituents is 1. The summed E-state index contributed by atoms with van der Waals surface area (Å²) in [6.45, 7) is 12.1. The molecule has 2 atom stereocenters. The molecule has 3 aromatic heterocycles. The number of rotatable bonds is 16. The lowest BCUT2D eigenvalue weighted by Crippen LogP contribution is -2.35. The van der Waals surface area contributed by atoms with Crippen LogP contribution in [0.3, 0.4) is 0 Å². The maximum atomic E-state index is 12.2. The largest absolute Gasteiger partial charge is 0.494 e. The average molecular weight is 691 g/mol. The summed E-state index contributed by atoms with van der Waals surface area (Å²) in [6, 6.07) is 8.48. The zero-order valence-corrected chi connectivity index (χ0v) is 29.4. The Balaban J connectivity index is 1.35. The highest BCUT2D eigenvalue weighted by molar-refractivity contribution is 7.98. The van der Waals surface area contributed by atoms with Crippen molar-refractivity contribution < 1.29 is 23.9 Å². The molecule has 0 saturated heterocycles. The van der Waals surface area contributed by atoms with E-state index in [0.717, 1.165) is 24.2 Å². The molecule has 0 aliphatic heterocycles. The molecule has 49 heavy (non-hydrogen) atoms. The molecule has 0 bridgehead atoms. The number of amides is 1. The molecule has 14 nitrogen and oxygen atoms in total. The predicted octanol–water partition coefficient (Wildman–Crippen LogP) is 7.16. The number of methoxy groups -OCH3 is 1. The van der Waals surface area contributed by atoms with Crippen molar-refractivity contribution in [3.05, 3.63) is 70.9 Å². The van der Waals surface area contributed by atoms with E-state index >= 15 is 0 Å². The van der Waals surface area contributed by atoms with Crippen LogP contribution < -0.4 is 19.5 Å². The lowest BCUT2D eigenvalue weighted by molar-refractivity contribution is -0.384. The van der Waals surface area contributed by atoms with Gasteiger partial charge in [-0.1, -0.05) is 25.3 Å². The highest BCUT2D eigenvalue weighted by atomic mass is 32.2. The zero-order valence-electron chi connectivity index (χ0n) is 28.6. The first-order chi connectivity index (χ1) is 23.4. The number of benzene rings is 1.